The quantitative estimate of drug-likeness (QED) is 0.222. The lowest BCUT2D eigenvalue weighted by molar-refractivity contribution is -0.144. The summed E-state index contributed by atoms with van der Waals surface area (Å²) in [5.41, 5.74) is 7.69. The average Bonchev–Trinajstić information content (AvgIpc) is 3.64. The highest BCUT2D eigenvalue weighted by Gasteiger charge is 2.39. The number of hydrogen-bond acceptors (Lipinski definition) is 6. The molecule has 7 N–H and O–H groups in total. The summed E-state index contributed by atoms with van der Waals surface area (Å²) in [7, 11) is 0. The minimum atomic E-state index is -1.17. The molecule has 2 aromatic heterocycles. The normalized spacial score (nSPS) is 17.0. The molecule has 1 fully saturated rings. The number of carboxylic acid groups (broad SMARTS) is 1. The monoisotopic (exact) mass is 495 g/mol. The molecule has 1 saturated heterocycles. The van der Waals surface area contributed by atoms with E-state index in [1.807, 2.05) is 24.3 Å². The van der Waals surface area contributed by atoms with E-state index in [1.54, 1.807) is 12.4 Å². The number of amides is 3. The summed E-state index contributed by atoms with van der Waals surface area (Å²) in [5.74, 6) is -2.65. The number of rotatable bonds is 10. The number of aliphatic carboxylic acids is 1. The highest BCUT2D eigenvalue weighted by Crippen LogP contribution is 2.22. The number of imidazole rings is 1. The van der Waals surface area contributed by atoms with Crippen LogP contribution in [0.25, 0.3) is 10.9 Å². The van der Waals surface area contributed by atoms with Gasteiger partial charge in [-0.2, -0.15) is 0 Å². The number of hydrogen-bond donors (Lipinski definition) is 6. The number of nitrogens with one attached hydrogen (secondary N) is 4. The van der Waals surface area contributed by atoms with Crippen LogP contribution in [-0.2, 0) is 32.0 Å². The Hall–Kier alpha value is -4.19. The van der Waals surface area contributed by atoms with E-state index in [-0.39, 0.29) is 19.4 Å². The number of carbonyl (C=O) groups is 4. The number of H-pyrrole nitrogens is 2. The van der Waals surface area contributed by atoms with Crippen LogP contribution in [0.4, 0.5) is 0 Å². The number of carboxylic acids is 1. The fourth-order valence-electron chi connectivity index (χ4n) is 4.56. The van der Waals surface area contributed by atoms with E-state index in [0.29, 0.717) is 25.1 Å². The van der Waals surface area contributed by atoms with Gasteiger partial charge in [-0.3, -0.25) is 14.4 Å². The first-order valence-electron chi connectivity index (χ1n) is 11.7. The lowest BCUT2D eigenvalue weighted by Crippen LogP contribution is -2.56. The van der Waals surface area contributed by atoms with Gasteiger partial charge in [-0.05, 0) is 24.5 Å². The van der Waals surface area contributed by atoms with Crippen molar-refractivity contribution in [1.29, 1.82) is 0 Å². The second-order valence-electron chi connectivity index (χ2n) is 8.76. The molecular formula is C24H29N7O5. The zero-order valence-corrected chi connectivity index (χ0v) is 19.6. The van der Waals surface area contributed by atoms with Crippen LogP contribution in [0.2, 0.25) is 0 Å². The maximum atomic E-state index is 13.4. The third kappa shape index (κ3) is 5.54. The summed E-state index contributed by atoms with van der Waals surface area (Å²) >= 11 is 0. The molecule has 3 aromatic rings. The minimum Gasteiger partial charge on any atom is -0.480 e. The molecule has 1 aliphatic rings. The molecule has 4 rings (SSSR count). The van der Waals surface area contributed by atoms with Crippen molar-refractivity contribution in [2.45, 2.75) is 43.8 Å². The third-order valence-electron chi connectivity index (χ3n) is 6.35. The first-order chi connectivity index (χ1) is 17.4. The maximum absolute atomic E-state index is 13.4. The van der Waals surface area contributed by atoms with Crippen LogP contribution in [0.1, 0.15) is 24.1 Å². The standard InChI is InChI=1S/C24H29N7O5/c25-10-21(32)29-18(9-15-12-26-13-28-15)23(34)31-7-3-6-20(31)22(33)30-19(24(35)36)8-14-11-27-17-5-2-1-4-16(14)17/h1-2,4-5,11-13,18-20,27H,3,6-10,25H2,(H,26,28)(H,29,32)(H,30,33)(H,35,36). The molecule has 190 valence electrons. The van der Waals surface area contributed by atoms with Gasteiger partial charge in [0.2, 0.25) is 17.7 Å². The van der Waals surface area contributed by atoms with Crippen LogP contribution in [0.15, 0.2) is 43.0 Å². The Morgan fingerprint density at radius 3 is 2.67 bits per heavy atom. The van der Waals surface area contributed by atoms with E-state index in [2.05, 4.69) is 25.6 Å². The van der Waals surface area contributed by atoms with E-state index in [9.17, 15) is 24.3 Å². The molecular weight excluding hydrogens is 466 g/mol. The fraction of sp³-hybridized carbons (Fsp3) is 0.375. The number of aromatic amines is 2. The van der Waals surface area contributed by atoms with Crippen molar-refractivity contribution in [3.05, 3.63) is 54.2 Å². The first kappa shape index (κ1) is 24.9. The van der Waals surface area contributed by atoms with Crippen molar-refractivity contribution >= 4 is 34.6 Å². The third-order valence-corrected chi connectivity index (χ3v) is 6.35. The molecule has 0 radical (unpaired) electrons. The van der Waals surface area contributed by atoms with Crippen molar-refractivity contribution in [3.8, 4) is 0 Å². The van der Waals surface area contributed by atoms with Gasteiger partial charge in [0.15, 0.2) is 0 Å². The van der Waals surface area contributed by atoms with E-state index < -0.39 is 41.8 Å². The average molecular weight is 496 g/mol. The van der Waals surface area contributed by atoms with Crippen molar-refractivity contribution < 1.29 is 24.3 Å². The summed E-state index contributed by atoms with van der Waals surface area (Å²) in [6, 6.07) is 4.54. The largest absolute Gasteiger partial charge is 0.480 e. The molecule has 12 nitrogen and oxygen atoms in total. The minimum absolute atomic E-state index is 0.0841. The van der Waals surface area contributed by atoms with Gasteiger partial charge in [0.25, 0.3) is 0 Å². The Morgan fingerprint density at radius 1 is 1.14 bits per heavy atom. The molecule has 3 atom stereocenters. The predicted molar refractivity (Wildman–Crippen MR) is 130 cm³/mol. The zero-order chi connectivity index (χ0) is 25.7. The van der Waals surface area contributed by atoms with Gasteiger partial charge in [-0.25, -0.2) is 9.78 Å². The molecule has 36 heavy (non-hydrogen) atoms. The molecule has 1 aromatic carbocycles. The number of nitrogens with two attached hydrogens (primary N) is 1. The lowest BCUT2D eigenvalue weighted by Gasteiger charge is -2.29. The van der Waals surface area contributed by atoms with E-state index in [1.165, 1.54) is 11.2 Å². The maximum Gasteiger partial charge on any atom is 0.326 e. The van der Waals surface area contributed by atoms with Gasteiger partial charge in [-0.1, -0.05) is 18.2 Å². The van der Waals surface area contributed by atoms with Crippen LogP contribution in [0.3, 0.4) is 0 Å². The van der Waals surface area contributed by atoms with Gasteiger partial charge < -0.3 is 36.3 Å². The number of para-hydroxylation sites is 1. The molecule has 12 heteroatoms. The van der Waals surface area contributed by atoms with Gasteiger partial charge in [0, 0.05) is 48.4 Å². The van der Waals surface area contributed by atoms with Crippen molar-refractivity contribution in [2.24, 2.45) is 5.73 Å². The molecule has 3 amide bonds. The van der Waals surface area contributed by atoms with Gasteiger partial charge >= 0.3 is 5.97 Å². The summed E-state index contributed by atoms with van der Waals surface area (Å²) < 4.78 is 0. The van der Waals surface area contributed by atoms with Gasteiger partial charge in [0.05, 0.1) is 12.9 Å². The Labute approximate surface area is 206 Å². The second-order valence-corrected chi connectivity index (χ2v) is 8.76. The summed E-state index contributed by atoms with van der Waals surface area (Å²) in [5, 5.41) is 15.9. The van der Waals surface area contributed by atoms with Crippen LogP contribution in [0, 0.1) is 0 Å². The molecule has 0 aliphatic carbocycles. The van der Waals surface area contributed by atoms with Crippen LogP contribution >= 0.6 is 0 Å². The number of fused-ring (bicyclic) bond motifs is 1. The number of benzene rings is 1. The Kier molecular flexibility index (Phi) is 7.64. The van der Waals surface area contributed by atoms with Crippen molar-refractivity contribution in [2.75, 3.05) is 13.1 Å². The number of carbonyl (C=O) groups excluding carboxylic acids is 3. The lowest BCUT2D eigenvalue weighted by atomic mass is 10.0. The summed E-state index contributed by atoms with van der Waals surface area (Å²) in [6.07, 6.45) is 5.94. The van der Waals surface area contributed by atoms with E-state index in [4.69, 9.17) is 5.73 Å². The first-order valence-corrected chi connectivity index (χ1v) is 11.7. The zero-order valence-electron chi connectivity index (χ0n) is 19.6. The fourth-order valence-corrected chi connectivity index (χ4v) is 4.56. The van der Waals surface area contributed by atoms with Crippen molar-refractivity contribution in [1.82, 2.24) is 30.5 Å². The Morgan fingerprint density at radius 2 is 1.94 bits per heavy atom. The molecule has 3 heterocycles. The molecule has 0 saturated carbocycles. The smallest absolute Gasteiger partial charge is 0.326 e. The Balaban J connectivity index is 1.47. The highest BCUT2D eigenvalue weighted by atomic mass is 16.4. The molecule has 1 aliphatic heterocycles. The Bertz CT molecular complexity index is 1240. The molecule has 0 spiro atoms. The van der Waals surface area contributed by atoms with Crippen LogP contribution in [-0.4, -0.2) is 79.9 Å². The molecule has 0 bridgehead atoms. The number of aromatic nitrogens is 3. The second kappa shape index (κ2) is 11.0. The van der Waals surface area contributed by atoms with Gasteiger partial charge in [-0.15, -0.1) is 0 Å². The number of likely N-dealkylation sites (tertiary alicyclic amines) is 1. The van der Waals surface area contributed by atoms with Crippen molar-refractivity contribution in [3.63, 3.8) is 0 Å². The molecule has 3 unspecified atom stereocenters. The van der Waals surface area contributed by atoms with Gasteiger partial charge in [0.1, 0.15) is 18.1 Å². The van der Waals surface area contributed by atoms with E-state index in [0.717, 1.165) is 16.5 Å². The highest BCUT2D eigenvalue weighted by molar-refractivity contribution is 5.94. The van der Waals surface area contributed by atoms with Crippen LogP contribution in [0.5, 0.6) is 0 Å². The van der Waals surface area contributed by atoms with E-state index >= 15 is 0 Å². The summed E-state index contributed by atoms with van der Waals surface area (Å²) in [4.78, 5) is 61.9. The predicted octanol–water partition coefficient (Wildman–Crippen LogP) is -0.320. The number of nitrogens with zero attached hydrogens (tertiary/aromatic N) is 2. The summed E-state index contributed by atoms with van der Waals surface area (Å²) in [6.45, 7) is 0.0277. The van der Waals surface area contributed by atoms with Crippen LogP contribution < -0.4 is 16.4 Å². The SMILES string of the molecule is NCC(=O)NC(Cc1cnc[nH]1)C(=O)N1CCCC1C(=O)NC(Cc1c[nH]c2ccccc12)C(=O)O. The topological polar surface area (TPSA) is 186 Å².